The van der Waals surface area contributed by atoms with Crippen LogP contribution in [0.25, 0.3) is 0 Å². The van der Waals surface area contributed by atoms with Crippen molar-refractivity contribution in [3.8, 4) is 0 Å². The van der Waals surface area contributed by atoms with E-state index in [0.717, 1.165) is 24.1 Å². The lowest BCUT2D eigenvalue weighted by Gasteiger charge is -2.00. The zero-order valence-electron chi connectivity index (χ0n) is 13.5. The van der Waals surface area contributed by atoms with Crippen molar-refractivity contribution in [2.24, 2.45) is 10.2 Å². The molecule has 24 heavy (non-hydrogen) atoms. The minimum absolute atomic E-state index is 0.106. The van der Waals surface area contributed by atoms with Crippen LogP contribution in [0.15, 0.2) is 46.6 Å². The Kier molecular flexibility index (Phi) is 6.73. The number of nitrogens with zero attached hydrogens (tertiary/aromatic N) is 2. The largest absolute Gasteiger partial charge is 0.204 e. The number of hydrogen-bond donors (Lipinski definition) is 0. The van der Waals surface area contributed by atoms with Gasteiger partial charge in [-0.2, -0.15) is 10.2 Å². The summed E-state index contributed by atoms with van der Waals surface area (Å²) in [6.07, 6.45) is 7.38. The molecule has 0 saturated heterocycles. The van der Waals surface area contributed by atoms with Gasteiger partial charge in [-0.1, -0.05) is 44.0 Å². The number of halogens is 3. The maximum atomic E-state index is 13.0. The molecule has 0 aromatic heterocycles. The van der Waals surface area contributed by atoms with E-state index >= 15 is 0 Å². The molecule has 0 saturated carbocycles. The van der Waals surface area contributed by atoms with E-state index in [1.807, 2.05) is 24.3 Å². The smallest absolute Gasteiger partial charge is 0.194 e. The van der Waals surface area contributed by atoms with Gasteiger partial charge in [0.05, 0.1) is 12.4 Å². The zero-order valence-corrected chi connectivity index (χ0v) is 13.5. The third kappa shape index (κ3) is 5.33. The average Bonchev–Trinajstić information content (AvgIpc) is 2.58. The highest BCUT2D eigenvalue weighted by molar-refractivity contribution is 5.82. The van der Waals surface area contributed by atoms with Crippen LogP contribution in [-0.2, 0) is 6.42 Å². The first kappa shape index (κ1) is 17.9. The fraction of sp³-hybridized carbons (Fsp3) is 0.263. The van der Waals surface area contributed by atoms with Gasteiger partial charge in [-0.25, -0.2) is 13.2 Å². The van der Waals surface area contributed by atoms with Gasteiger partial charge in [0.1, 0.15) is 0 Å². The van der Waals surface area contributed by atoms with Gasteiger partial charge in [-0.05, 0) is 36.1 Å². The Bertz CT molecular complexity index is 699. The van der Waals surface area contributed by atoms with E-state index in [2.05, 4.69) is 17.1 Å². The van der Waals surface area contributed by atoms with E-state index in [-0.39, 0.29) is 5.56 Å². The predicted octanol–water partition coefficient (Wildman–Crippen LogP) is 5.29. The van der Waals surface area contributed by atoms with Crippen LogP contribution in [0.3, 0.4) is 0 Å². The molecular weight excluding hydrogens is 313 g/mol. The van der Waals surface area contributed by atoms with Crippen molar-refractivity contribution in [2.45, 2.75) is 32.6 Å². The topological polar surface area (TPSA) is 24.7 Å². The molecule has 0 fully saturated rings. The van der Waals surface area contributed by atoms with Gasteiger partial charge in [0, 0.05) is 5.56 Å². The average molecular weight is 332 g/mol. The van der Waals surface area contributed by atoms with Crippen LogP contribution in [0.5, 0.6) is 0 Å². The second kappa shape index (κ2) is 9.01. The van der Waals surface area contributed by atoms with Crippen molar-refractivity contribution in [3.63, 3.8) is 0 Å². The lowest BCUT2D eigenvalue weighted by atomic mass is 10.1. The van der Waals surface area contributed by atoms with Crippen molar-refractivity contribution in [3.05, 3.63) is 70.5 Å². The minimum atomic E-state index is -1.49. The first-order valence-electron chi connectivity index (χ1n) is 7.90. The van der Waals surface area contributed by atoms with Gasteiger partial charge < -0.3 is 0 Å². The molecule has 0 bridgehead atoms. The predicted molar refractivity (Wildman–Crippen MR) is 91.2 cm³/mol. The molecule has 0 radical (unpaired) electrons. The summed E-state index contributed by atoms with van der Waals surface area (Å²) in [6.45, 7) is 2.18. The summed E-state index contributed by atoms with van der Waals surface area (Å²) < 4.78 is 38.9. The first-order valence-corrected chi connectivity index (χ1v) is 7.90. The summed E-state index contributed by atoms with van der Waals surface area (Å²) in [4.78, 5) is 0. The molecule has 0 aliphatic rings. The molecule has 2 nitrogen and oxygen atoms in total. The highest BCUT2D eigenvalue weighted by Gasteiger charge is 2.09. The molecule has 2 rings (SSSR count). The maximum absolute atomic E-state index is 13.0. The van der Waals surface area contributed by atoms with Crippen molar-refractivity contribution in [2.75, 3.05) is 0 Å². The summed E-state index contributed by atoms with van der Waals surface area (Å²) in [6, 6.07) is 9.71. The van der Waals surface area contributed by atoms with Crippen LogP contribution in [0.2, 0.25) is 0 Å². The standard InChI is InChI=1S/C19H19F3N2/c1-2-3-4-5-14-6-8-15(9-7-14)12-23-24-13-16-10-17(20)19(22)18(21)11-16/h6-13H,2-5H2,1H3. The summed E-state index contributed by atoms with van der Waals surface area (Å²) >= 11 is 0. The van der Waals surface area contributed by atoms with Crippen LogP contribution in [0, 0.1) is 17.5 Å². The summed E-state index contributed by atoms with van der Waals surface area (Å²) in [5, 5.41) is 7.55. The van der Waals surface area contributed by atoms with Gasteiger partial charge in [0.2, 0.25) is 0 Å². The molecule has 0 aliphatic heterocycles. The highest BCUT2D eigenvalue weighted by atomic mass is 19.2. The summed E-state index contributed by atoms with van der Waals surface area (Å²) in [7, 11) is 0. The van der Waals surface area contributed by atoms with Crippen LogP contribution in [-0.4, -0.2) is 12.4 Å². The number of hydrogen-bond acceptors (Lipinski definition) is 2. The molecule has 0 aliphatic carbocycles. The molecular formula is C19H19F3N2. The Morgan fingerprint density at radius 2 is 1.42 bits per heavy atom. The Morgan fingerprint density at radius 3 is 2.00 bits per heavy atom. The Hall–Kier alpha value is -2.43. The molecule has 0 unspecified atom stereocenters. The van der Waals surface area contributed by atoms with Crippen molar-refractivity contribution < 1.29 is 13.2 Å². The van der Waals surface area contributed by atoms with Gasteiger partial charge in [-0.3, -0.25) is 0 Å². The molecule has 2 aromatic carbocycles. The molecule has 0 atom stereocenters. The van der Waals surface area contributed by atoms with Gasteiger partial charge in [0.15, 0.2) is 17.5 Å². The minimum Gasteiger partial charge on any atom is -0.204 e. The monoisotopic (exact) mass is 332 g/mol. The molecule has 0 spiro atoms. The van der Waals surface area contributed by atoms with Gasteiger partial charge in [-0.15, -0.1) is 0 Å². The summed E-state index contributed by atoms with van der Waals surface area (Å²) in [5.41, 5.74) is 2.26. The third-order valence-electron chi connectivity index (χ3n) is 3.54. The highest BCUT2D eigenvalue weighted by Crippen LogP contribution is 2.12. The molecule has 126 valence electrons. The maximum Gasteiger partial charge on any atom is 0.194 e. The van der Waals surface area contributed by atoms with E-state index in [1.54, 1.807) is 6.21 Å². The van der Waals surface area contributed by atoms with Crippen LogP contribution < -0.4 is 0 Å². The number of benzene rings is 2. The van der Waals surface area contributed by atoms with Crippen LogP contribution in [0.1, 0.15) is 42.9 Å². The van der Waals surface area contributed by atoms with E-state index in [0.29, 0.717) is 0 Å². The molecule has 2 aromatic rings. The molecule has 0 N–H and O–H groups in total. The van der Waals surface area contributed by atoms with Crippen LogP contribution in [0.4, 0.5) is 13.2 Å². The second-order valence-electron chi connectivity index (χ2n) is 5.49. The number of unbranched alkanes of at least 4 members (excludes halogenated alkanes) is 2. The SMILES string of the molecule is CCCCCc1ccc(C=NN=Cc2cc(F)c(F)c(F)c2)cc1. The van der Waals surface area contributed by atoms with E-state index in [9.17, 15) is 13.2 Å². The fourth-order valence-corrected chi connectivity index (χ4v) is 2.20. The lowest BCUT2D eigenvalue weighted by molar-refractivity contribution is 0.447. The molecule has 0 amide bonds. The third-order valence-corrected chi connectivity index (χ3v) is 3.54. The lowest BCUT2D eigenvalue weighted by Crippen LogP contribution is -1.93. The van der Waals surface area contributed by atoms with E-state index in [1.165, 1.54) is 31.0 Å². The zero-order chi connectivity index (χ0) is 17.4. The molecule has 0 heterocycles. The van der Waals surface area contributed by atoms with Crippen molar-refractivity contribution in [1.82, 2.24) is 0 Å². The Labute approximate surface area is 139 Å². The van der Waals surface area contributed by atoms with Crippen molar-refractivity contribution >= 4 is 12.4 Å². The Balaban J connectivity index is 1.94. The molecule has 5 heteroatoms. The van der Waals surface area contributed by atoms with E-state index in [4.69, 9.17) is 0 Å². The van der Waals surface area contributed by atoms with Gasteiger partial charge >= 0.3 is 0 Å². The number of aryl methyl sites for hydroxylation is 1. The first-order chi connectivity index (χ1) is 11.6. The second-order valence-corrected chi connectivity index (χ2v) is 5.49. The fourth-order valence-electron chi connectivity index (χ4n) is 2.20. The van der Waals surface area contributed by atoms with Crippen LogP contribution >= 0.6 is 0 Å². The Morgan fingerprint density at radius 1 is 0.833 bits per heavy atom. The normalized spacial score (nSPS) is 11.7. The summed E-state index contributed by atoms with van der Waals surface area (Å²) in [5.74, 6) is -3.99. The van der Waals surface area contributed by atoms with Gasteiger partial charge in [0.25, 0.3) is 0 Å². The van der Waals surface area contributed by atoms with E-state index < -0.39 is 17.5 Å². The quantitative estimate of drug-likeness (QED) is 0.285. The van der Waals surface area contributed by atoms with Crippen molar-refractivity contribution in [1.29, 1.82) is 0 Å². The number of rotatable bonds is 7.